The standard InChI is InChI=1S/C14H24N2O4/c1-14(2,3)20-13(18)16-9-7-5-6-8(9)10(15)11(16)12(17)19-4/h8-11H,5-7,15H2,1-4H3/t8-,9+,10+,11+/m0/s1. The van der Waals surface area contributed by atoms with Crippen molar-refractivity contribution in [1.82, 2.24) is 4.90 Å². The van der Waals surface area contributed by atoms with Crippen molar-refractivity contribution in [3.8, 4) is 0 Å². The molecule has 6 heteroatoms. The van der Waals surface area contributed by atoms with Crippen molar-refractivity contribution in [3.05, 3.63) is 0 Å². The average molecular weight is 284 g/mol. The first-order chi connectivity index (χ1) is 9.26. The molecule has 1 amide bonds. The van der Waals surface area contributed by atoms with Crippen LogP contribution in [-0.2, 0) is 14.3 Å². The van der Waals surface area contributed by atoms with E-state index in [1.54, 1.807) is 20.8 Å². The summed E-state index contributed by atoms with van der Waals surface area (Å²) in [6, 6.07) is -1.11. The van der Waals surface area contributed by atoms with Gasteiger partial charge in [-0.2, -0.15) is 0 Å². The summed E-state index contributed by atoms with van der Waals surface area (Å²) in [4.78, 5) is 25.9. The van der Waals surface area contributed by atoms with Gasteiger partial charge < -0.3 is 15.2 Å². The van der Waals surface area contributed by atoms with Gasteiger partial charge >= 0.3 is 12.1 Å². The van der Waals surface area contributed by atoms with Crippen LogP contribution in [0.4, 0.5) is 4.79 Å². The molecule has 0 spiro atoms. The van der Waals surface area contributed by atoms with E-state index < -0.39 is 23.7 Å². The van der Waals surface area contributed by atoms with Crippen LogP contribution in [0, 0.1) is 5.92 Å². The molecule has 0 unspecified atom stereocenters. The third-order valence-corrected chi connectivity index (χ3v) is 4.09. The van der Waals surface area contributed by atoms with Crippen LogP contribution >= 0.6 is 0 Å². The number of hydrogen-bond donors (Lipinski definition) is 1. The lowest BCUT2D eigenvalue weighted by Crippen LogP contribution is -2.51. The molecule has 1 aliphatic heterocycles. The van der Waals surface area contributed by atoms with Crippen LogP contribution in [0.2, 0.25) is 0 Å². The van der Waals surface area contributed by atoms with Gasteiger partial charge in [0, 0.05) is 12.1 Å². The smallest absolute Gasteiger partial charge is 0.411 e. The van der Waals surface area contributed by atoms with E-state index in [9.17, 15) is 9.59 Å². The van der Waals surface area contributed by atoms with Crippen LogP contribution in [0.1, 0.15) is 40.0 Å². The quantitative estimate of drug-likeness (QED) is 0.733. The van der Waals surface area contributed by atoms with Gasteiger partial charge in [-0.3, -0.25) is 4.90 Å². The van der Waals surface area contributed by atoms with Gasteiger partial charge in [0.2, 0.25) is 0 Å². The van der Waals surface area contributed by atoms with Crippen LogP contribution in [0.15, 0.2) is 0 Å². The van der Waals surface area contributed by atoms with E-state index in [-0.39, 0.29) is 18.0 Å². The number of carbonyl (C=O) groups excluding carboxylic acids is 2. The lowest BCUT2D eigenvalue weighted by atomic mass is 9.96. The van der Waals surface area contributed by atoms with Gasteiger partial charge in [-0.25, -0.2) is 9.59 Å². The van der Waals surface area contributed by atoms with Crippen molar-refractivity contribution in [3.63, 3.8) is 0 Å². The minimum absolute atomic E-state index is 0.0102. The number of likely N-dealkylation sites (tertiary alicyclic amines) is 1. The molecule has 0 aromatic carbocycles. The number of rotatable bonds is 1. The summed E-state index contributed by atoms with van der Waals surface area (Å²) < 4.78 is 10.2. The Balaban J connectivity index is 2.25. The summed E-state index contributed by atoms with van der Waals surface area (Å²) in [7, 11) is 1.32. The number of hydrogen-bond acceptors (Lipinski definition) is 5. The number of methoxy groups -OCH3 is 1. The summed E-state index contributed by atoms with van der Waals surface area (Å²) in [5, 5.41) is 0. The molecule has 2 N–H and O–H groups in total. The predicted octanol–water partition coefficient (Wildman–Crippen LogP) is 1.27. The van der Waals surface area contributed by atoms with Crippen molar-refractivity contribution in [2.24, 2.45) is 11.7 Å². The number of ether oxygens (including phenoxy) is 2. The van der Waals surface area contributed by atoms with Crippen molar-refractivity contribution in [2.75, 3.05) is 7.11 Å². The number of nitrogens with two attached hydrogens (primary N) is 1. The molecule has 2 fully saturated rings. The summed E-state index contributed by atoms with van der Waals surface area (Å²) >= 11 is 0. The Bertz CT molecular complexity index is 404. The number of nitrogens with zero attached hydrogens (tertiary/aromatic N) is 1. The van der Waals surface area contributed by atoms with E-state index in [1.165, 1.54) is 12.0 Å². The average Bonchev–Trinajstić information content (AvgIpc) is 2.88. The van der Waals surface area contributed by atoms with E-state index in [0.29, 0.717) is 0 Å². The third kappa shape index (κ3) is 2.61. The van der Waals surface area contributed by atoms with Crippen molar-refractivity contribution in [1.29, 1.82) is 0 Å². The van der Waals surface area contributed by atoms with Gasteiger partial charge in [0.25, 0.3) is 0 Å². The van der Waals surface area contributed by atoms with Crippen LogP contribution in [0.5, 0.6) is 0 Å². The number of carbonyl (C=O) groups is 2. The maximum Gasteiger partial charge on any atom is 0.411 e. The molecule has 114 valence electrons. The SMILES string of the molecule is COC(=O)[C@H]1[C@H](N)[C@H]2CCC[C@H]2N1C(=O)OC(C)(C)C. The highest BCUT2D eigenvalue weighted by Gasteiger charge is 2.55. The molecule has 20 heavy (non-hydrogen) atoms. The van der Waals surface area contributed by atoms with Crippen LogP contribution in [0.25, 0.3) is 0 Å². The van der Waals surface area contributed by atoms with Crippen molar-refractivity contribution in [2.45, 2.75) is 63.8 Å². The normalized spacial score (nSPS) is 33.0. The molecule has 0 bridgehead atoms. The van der Waals surface area contributed by atoms with Crippen molar-refractivity contribution >= 4 is 12.1 Å². The lowest BCUT2D eigenvalue weighted by molar-refractivity contribution is -0.146. The topological polar surface area (TPSA) is 81.9 Å². The van der Waals surface area contributed by atoms with E-state index in [0.717, 1.165) is 19.3 Å². The second-order valence-electron chi connectivity index (χ2n) is 6.60. The first-order valence-electron chi connectivity index (χ1n) is 7.11. The Morgan fingerprint density at radius 3 is 2.45 bits per heavy atom. The maximum absolute atomic E-state index is 12.4. The Kier molecular flexibility index (Phi) is 3.95. The first kappa shape index (κ1) is 15.1. The highest BCUT2D eigenvalue weighted by Crippen LogP contribution is 2.41. The van der Waals surface area contributed by atoms with Crippen LogP contribution in [0.3, 0.4) is 0 Å². The minimum atomic E-state index is -0.731. The second-order valence-corrected chi connectivity index (χ2v) is 6.60. The van der Waals surface area contributed by atoms with Gasteiger partial charge in [-0.15, -0.1) is 0 Å². The molecule has 6 nitrogen and oxygen atoms in total. The fourth-order valence-electron chi connectivity index (χ4n) is 3.34. The van der Waals surface area contributed by atoms with Crippen LogP contribution in [-0.4, -0.2) is 47.8 Å². The van der Waals surface area contributed by atoms with Gasteiger partial charge in [0.1, 0.15) is 11.6 Å². The molecule has 2 aliphatic rings. The van der Waals surface area contributed by atoms with Crippen LogP contribution < -0.4 is 5.73 Å². The number of amides is 1. The zero-order valence-electron chi connectivity index (χ0n) is 12.6. The monoisotopic (exact) mass is 284 g/mol. The first-order valence-corrected chi connectivity index (χ1v) is 7.11. The summed E-state index contributed by atoms with van der Waals surface area (Å²) in [6.07, 6.45) is 2.36. The van der Waals surface area contributed by atoms with Gasteiger partial charge in [0.05, 0.1) is 7.11 Å². The Morgan fingerprint density at radius 1 is 1.25 bits per heavy atom. The second kappa shape index (κ2) is 5.24. The Morgan fingerprint density at radius 2 is 1.90 bits per heavy atom. The van der Waals surface area contributed by atoms with E-state index in [2.05, 4.69) is 0 Å². The molecular formula is C14H24N2O4. The summed E-state index contributed by atoms with van der Waals surface area (Å²) in [6.45, 7) is 5.42. The number of esters is 1. The molecule has 1 saturated carbocycles. The fourth-order valence-corrected chi connectivity index (χ4v) is 3.34. The molecule has 0 aromatic rings. The molecule has 4 atom stereocenters. The highest BCUT2D eigenvalue weighted by atomic mass is 16.6. The van der Waals surface area contributed by atoms with Gasteiger partial charge in [-0.05, 0) is 39.5 Å². The minimum Gasteiger partial charge on any atom is -0.467 e. The lowest BCUT2D eigenvalue weighted by Gasteiger charge is -2.31. The maximum atomic E-state index is 12.4. The largest absolute Gasteiger partial charge is 0.467 e. The Labute approximate surface area is 119 Å². The predicted molar refractivity (Wildman–Crippen MR) is 73.0 cm³/mol. The molecule has 0 aromatic heterocycles. The summed E-state index contributed by atoms with van der Waals surface area (Å²) in [5.41, 5.74) is 5.58. The molecular weight excluding hydrogens is 260 g/mol. The fraction of sp³-hybridized carbons (Fsp3) is 0.857. The molecule has 0 radical (unpaired) electrons. The zero-order valence-corrected chi connectivity index (χ0v) is 12.6. The van der Waals surface area contributed by atoms with E-state index in [4.69, 9.17) is 15.2 Å². The third-order valence-electron chi connectivity index (χ3n) is 4.09. The Hall–Kier alpha value is -1.30. The highest BCUT2D eigenvalue weighted by molar-refractivity contribution is 5.83. The zero-order chi connectivity index (χ0) is 15.1. The van der Waals surface area contributed by atoms with E-state index in [1.807, 2.05) is 0 Å². The summed E-state index contributed by atoms with van der Waals surface area (Å²) in [5.74, 6) is -0.302. The van der Waals surface area contributed by atoms with Gasteiger partial charge in [0.15, 0.2) is 0 Å². The van der Waals surface area contributed by atoms with Crippen molar-refractivity contribution < 1.29 is 19.1 Å². The molecule has 1 saturated heterocycles. The number of fused-ring (bicyclic) bond motifs is 1. The molecule has 1 heterocycles. The van der Waals surface area contributed by atoms with Gasteiger partial charge in [-0.1, -0.05) is 6.42 Å². The molecule has 1 aliphatic carbocycles. The van der Waals surface area contributed by atoms with E-state index >= 15 is 0 Å². The molecule has 2 rings (SSSR count).